The summed E-state index contributed by atoms with van der Waals surface area (Å²) in [6.45, 7) is 3.33. The molecule has 8 heavy (non-hydrogen) atoms. The molecular formula is C6H10OS. The molecule has 0 amide bonds. The molecule has 46 valence electrons. The van der Waals surface area contributed by atoms with E-state index in [-0.39, 0.29) is 0 Å². The molecule has 0 spiro atoms. The molecule has 0 aliphatic carbocycles. The first kappa shape index (κ1) is 7.87. The van der Waals surface area contributed by atoms with E-state index in [1.807, 2.05) is 6.26 Å². The summed E-state index contributed by atoms with van der Waals surface area (Å²) in [6, 6.07) is 0. The Balaban J connectivity index is 3.69. The predicted octanol–water partition coefficient (Wildman–Crippen LogP) is 1.08. The zero-order valence-corrected chi connectivity index (χ0v) is 6.17. The Bertz CT molecular complexity index is 113. The van der Waals surface area contributed by atoms with Gasteiger partial charge in [0, 0.05) is 0 Å². The number of hydrogen-bond donors (Lipinski definition) is 1. The van der Waals surface area contributed by atoms with Gasteiger partial charge in [0.05, 0.1) is 0 Å². The van der Waals surface area contributed by atoms with E-state index in [4.69, 9.17) is 5.11 Å². The van der Waals surface area contributed by atoms with Crippen LogP contribution >= 0.6 is 11.8 Å². The van der Waals surface area contributed by atoms with Crippen molar-refractivity contribution in [3.8, 4) is 11.2 Å². The highest BCUT2D eigenvalue weighted by Crippen LogP contribution is 1.98. The maximum absolute atomic E-state index is 8.96. The van der Waals surface area contributed by atoms with Gasteiger partial charge < -0.3 is 5.11 Å². The summed E-state index contributed by atoms with van der Waals surface area (Å²) in [4.78, 5) is 0. The van der Waals surface area contributed by atoms with Gasteiger partial charge in [0.25, 0.3) is 0 Å². The average Bonchev–Trinajstić information content (AvgIpc) is 1.59. The molecule has 0 rings (SSSR count). The normalized spacial score (nSPS) is 10.0. The number of thioether (sulfide) groups is 1. The van der Waals surface area contributed by atoms with Gasteiger partial charge in [-0.3, -0.25) is 0 Å². The first-order valence-corrected chi connectivity index (χ1v) is 3.56. The van der Waals surface area contributed by atoms with Gasteiger partial charge in [0.1, 0.15) is 5.60 Å². The topological polar surface area (TPSA) is 20.2 Å². The van der Waals surface area contributed by atoms with Crippen LogP contribution in [0.1, 0.15) is 13.8 Å². The van der Waals surface area contributed by atoms with Gasteiger partial charge in [0.2, 0.25) is 0 Å². The minimum atomic E-state index is -0.830. The Hall–Kier alpha value is -0.130. The van der Waals surface area contributed by atoms with Crippen LogP contribution in [0, 0.1) is 11.2 Å². The Morgan fingerprint density at radius 3 is 2.12 bits per heavy atom. The van der Waals surface area contributed by atoms with Crippen LogP contribution in [0.15, 0.2) is 0 Å². The maximum atomic E-state index is 8.96. The summed E-state index contributed by atoms with van der Waals surface area (Å²) in [5.41, 5.74) is -0.830. The van der Waals surface area contributed by atoms with Crippen LogP contribution in [-0.2, 0) is 0 Å². The van der Waals surface area contributed by atoms with E-state index in [2.05, 4.69) is 11.2 Å². The molecule has 0 aromatic carbocycles. The maximum Gasteiger partial charge on any atom is 0.120 e. The Kier molecular flexibility index (Phi) is 2.96. The third-order valence-corrected chi connectivity index (χ3v) is 0.765. The molecule has 0 aliphatic heterocycles. The number of hydrogen-bond acceptors (Lipinski definition) is 2. The van der Waals surface area contributed by atoms with E-state index in [1.165, 1.54) is 11.8 Å². The lowest BCUT2D eigenvalue weighted by Gasteiger charge is -2.04. The van der Waals surface area contributed by atoms with Crippen molar-refractivity contribution in [2.75, 3.05) is 6.26 Å². The van der Waals surface area contributed by atoms with Gasteiger partial charge in [-0.1, -0.05) is 17.7 Å². The lowest BCUT2D eigenvalue weighted by Crippen LogP contribution is -2.14. The Morgan fingerprint density at radius 1 is 1.50 bits per heavy atom. The third-order valence-electron chi connectivity index (χ3n) is 0.459. The third kappa shape index (κ3) is 5.87. The van der Waals surface area contributed by atoms with Crippen molar-refractivity contribution in [1.82, 2.24) is 0 Å². The van der Waals surface area contributed by atoms with Gasteiger partial charge in [-0.15, -0.1) is 0 Å². The lowest BCUT2D eigenvalue weighted by molar-refractivity contribution is 0.144. The molecule has 0 atom stereocenters. The highest BCUT2D eigenvalue weighted by Gasteiger charge is 2.04. The summed E-state index contributed by atoms with van der Waals surface area (Å²) in [7, 11) is 0. The molecule has 0 aromatic heterocycles. The van der Waals surface area contributed by atoms with Gasteiger partial charge >= 0.3 is 0 Å². The van der Waals surface area contributed by atoms with Crippen LogP contribution in [-0.4, -0.2) is 17.0 Å². The fourth-order valence-corrected chi connectivity index (χ4v) is 0.528. The molecular weight excluding hydrogens is 120 g/mol. The quantitative estimate of drug-likeness (QED) is 0.495. The molecule has 0 radical (unpaired) electrons. The molecule has 0 fully saturated rings. The summed E-state index contributed by atoms with van der Waals surface area (Å²) in [5.74, 6) is 2.64. The van der Waals surface area contributed by atoms with Gasteiger partial charge in [-0.05, 0) is 25.4 Å². The van der Waals surface area contributed by atoms with E-state index in [0.717, 1.165) is 0 Å². The van der Waals surface area contributed by atoms with E-state index < -0.39 is 5.60 Å². The second kappa shape index (κ2) is 3.01. The molecule has 0 bridgehead atoms. The highest BCUT2D eigenvalue weighted by atomic mass is 32.2. The van der Waals surface area contributed by atoms with E-state index >= 15 is 0 Å². The van der Waals surface area contributed by atoms with Crippen molar-refractivity contribution in [3.63, 3.8) is 0 Å². The van der Waals surface area contributed by atoms with Crippen molar-refractivity contribution in [3.05, 3.63) is 0 Å². The van der Waals surface area contributed by atoms with Gasteiger partial charge in [0.15, 0.2) is 0 Å². The van der Waals surface area contributed by atoms with E-state index in [9.17, 15) is 0 Å². The van der Waals surface area contributed by atoms with Crippen molar-refractivity contribution < 1.29 is 5.11 Å². The van der Waals surface area contributed by atoms with Crippen molar-refractivity contribution in [1.29, 1.82) is 0 Å². The fraction of sp³-hybridized carbons (Fsp3) is 0.667. The number of aliphatic hydroxyl groups is 1. The Morgan fingerprint density at radius 2 is 2.00 bits per heavy atom. The molecule has 0 heterocycles. The molecule has 0 saturated carbocycles. The summed E-state index contributed by atoms with van der Waals surface area (Å²) >= 11 is 1.41. The van der Waals surface area contributed by atoms with Crippen LogP contribution in [0.5, 0.6) is 0 Å². The van der Waals surface area contributed by atoms with Crippen LogP contribution in [0.4, 0.5) is 0 Å². The zero-order valence-electron chi connectivity index (χ0n) is 5.36. The van der Waals surface area contributed by atoms with Gasteiger partial charge in [-0.2, -0.15) is 0 Å². The Labute approximate surface area is 54.5 Å². The number of rotatable bonds is 0. The SMILES string of the molecule is CSC#CC(C)(C)O. The monoisotopic (exact) mass is 130 g/mol. The van der Waals surface area contributed by atoms with Gasteiger partial charge in [-0.25, -0.2) is 0 Å². The van der Waals surface area contributed by atoms with E-state index in [0.29, 0.717) is 0 Å². The van der Waals surface area contributed by atoms with E-state index in [1.54, 1.807) is 13.8 Å². The molecule has 1 nitrogen and oxygen atoms in total. The van der Waals surface area contributed by atoms with Crippen molar-refractivity contribution in [2.45, 2.75) is 19.4 Å². The largest absolute Gasteiger partial charge is 0.378 e. The van der Waals surface area contributed by atoms with Crippen LogP contribution in [0.2, 0.25) is 0 Å². The van der Waals surface area contributed by atoms with Crippen molar-refractivity contribution >= 4 is 11.8 Å². The first-order chi connectivity index (χ1) is 3.56. The fourth-order valence-electron chi connectivity index (χ4n) is 0.176. The molecule has 1 N–H and O–H groups in total. The molecule has 0 unspecified atom stereocenters. The first-order valence-electron chi connectivity index (χ1n) is 2.34. The summed E-state index contributed by atoms with van der Waals surface area (Å²) in [5, 5.41) is 11.7. The molecule has 0 saturated heterocycles. The van der Waals surface area contributed by atoms with Crippen LogP contribution < -0.4 is 0 Å². The predicted molar refractivity (Wildman–Crippen MR) is 37.6 cm³/mol. The summed E-state index contributed by atoms with van der Waals surface area (Å²) in [6.07, 6.45) is 1.87. The minimum absolute atomic E-state index is 0.830. The molecule has 0 aliphatic rings. The molecule has 0 aromatic rings. The zero-order chi connectivity index (χ0) is 6.62. The lowest BCUT2D eigenvalue weighted by atomic mass is 10.2. The molecule has 2 heteroatoms. The second-order valence-electron chi connectivity index (χ2n) is 1.99. The second-order valence-corrected chi connectivity index (χ2v) is 2.60. The van der Waals surface area contributed by atoms with Crippen LogP contribution in [0.3, 0.4) is 0 Å². The standard InChI is InChI=1S/C6H10OS/c1-6(2,7)4-5-8-3/h7H,1-3H3. The highest BCUT2D eigenvalue weighted by molar-refractivity contribution is 8.03. The minimum Gasteiger partial charge on any atom is -0.378 e. The van der Waals surface area contributed by atoms with Crippen molar-refractivity contribution in [2.24, 2.45) is 0 Å². The smallest absolute Gasteiger partial charge is 0.120 e. The average molecular weight is 130 g/mol. The van der Waals surface area contributed by atoms with Crippen LogP contribution in [0.25, 0.3) is 0 Å². The summed E-state index contributed by atoms with van der Waals surface area (Å²) < 4.78 is 0.